The molecule has 2 aromatic rings. The van der Waals surface area contributed by atoms with Gasteiger partial charge in [0.1, 0.15) is 12.1 Å². The molecule has 3 rings (SSSR count). The third-order valence-electron chi connectivity index (χ3n) is 7.79. The van der Waals surface area contributed by atoms with Gasteiger partial charge in [-0.3, -0.25) is 14.4 Å². The van der Waals surface area contributed by atoms with E-state index in [4.69, 9.17) is 5.73 Å². The van der Waals surface area contributed by atoms with Crippen molar-refractivity contribution in [3.63, 3.8) is 0 Å². The van der Waals surface area contributed by atoms with Gasteiger partial charge >= 0.3 is 0 Å². The maximum atomic E-state index is 13.7. The van der Waals surface area contributed by atoms with Crippen LogP contribution in [-0.2, 0) is 20.9 Å². The van der Waals surface area contributed by atoms with Crippen LogP contribution >= 0.6 is 11.3 Å². The van der Waals surface area contributed by atoms with Gasteiger partial charge in [0, 0.05) is 19.5 Å². The zero-order valence-electron chi connectivity index (χ0n) is 25.3. The fourth-order valence-corrected chi connectivity index (χ4v) is 6.14. The number of benzene rings is 1. The summed E-state index contributed by atoms with van der Waals surface area (Å²) in [4.78, 5) is 46.9. The van der Waals surface area contributed by atoms with Crippen molar-refractivity contribution >= 4 is 29.1 Å². The molecule has 0 spiro atoms. The Balaban J connectivity index is 1.50. The average molecular weight is 584 g/mol. The number of nitrogens with one attached hydrogen (secondary N) is 2. The lowest BCUT2D eigenvalue weighted by atomic mass is 9.85. The van der Waals surface area contributed by atoms with Crippen molar-refractivity contribution in [2.75, 3.05) is 13.1 Å². The number of nitrogens with zero attached hydrogens (tertiary/aromatic N) is 2. The standard InChI is InChI=1S/C32H49N5O3S/c1-23-28(41-22-35-23)25-17-15-24(16-18-25)21-34-30(39)26-13-12-20-37(26)31(40)29(32(2,3)4)36-27(38)14-10-8-6-5-7-9-11-19-33/h15-18,22,26,29H,5-14,19-21,33H2,1-4H3,(H,34,39)(H,36,38). The highest BCUT2D eigenvalue weighted by Gasteiger charge is 2.41. The summed E-state index contributed by atoms with van der Waals surface area (Å²) in [6.07, 6.45) is 9.33. The normalized spacial score (nSPS) is 16.0. The number of unbranched alkanes of at least 4 members (excludes halogenated alkanes) is 6. The van der Waals surface area contributed by atoms with Crippen LogP contribution in [0.25, 0.3) is 10.4 Å². The number of carbonyl (C=O) groups is 3. The van der Waals surface area contributed by atoms with Crippen LogP contribution in [0.2, 0.25) is 0 Å². The van der Waals surface area contributed by atoms with E-state index in [1.54, 1.807) is 16.2 Å². The molecule has 41 heavy (non-hydrogen) atoms. The van der Waals surface area contributed by atoms with Gasteiger partial charge in [-0.25, -0.2) is 4.98 Å². The number of amides is 3. The quantitative estimate of drug-likeness (QED) is 0.245. The number of hydrogen-bond acceptors (Lipinski definition) is 6. The predicted molar refractivity (Wildman–Crippen MR) is 166 cm³/mol. The average Bonchev–Trinajstić information content (AvgIpc) is 3.60. The summed E-state index contributed by atoms with van der Waals surface area (Å²) in [5, 5.41) is 6.04. The summed E-state index contributed by atoms with van der Waals surface area (Å²) in [5.74, 6) is -0.421. The molecule has 0 bridgehead atoms. The molecule has 4 N–H and O–H groups in total. The molecule has 2 heterocycles. The molecule has 1 aliphatic heterocycles. The Labute approximate surface area is 249 Å². The zero-order valence-corrected chi connectivity index (χ0v) is 26.2. The van der Waals surface area contributed by atoms with Crippen molar-refractivity contribution < 1.29 is 14.4 Å². The van der Waals surface area contributed by atoms with Crippen LogP contribution < -0.4 is 16.4 Å². The minimum absolute atomic E-state index is 0.0985. The van der Waals surface area contributed by atoms with Crippen LogP contribution in [0.4, 0.5) is 0 Å². The predicted octanol–water partition coefficient (Wildman–Crippen LogP) is 5.34. The maximum Gasteiger partial charge on any atom is 0.246 e. The highest BCUT2D eigenvalue weighted by atomic mass is 32.1. The number of nitrogens with two attached hydrogens (primary N) is 1. The Kier molecular flexibility index (Phi) is 12.8. The topological polar surface area (TPSA) is 117 Å². The first-order chi connectivity index (χ1) is 19.6. The van der Waals surface area contributed by atoms with E-state index in [9.17, 15) is 14.4 Å². The molecule has 1 saturated heterocycles. The van der Waals surface area contributed by atoms with Gasteiger partial charge in [-0.1, -0.05) is 77.1 Å². The summed E-state index contributed by atoms with van der Waals surface area (Å²) in [7, 11) is 0. The summed E-state index contributed by atoms with van der Waals surface area (Å²) < 4.78 is 0. The highest BCUT2D eigenvalue weighted by molar-refractivity contribution is 7.13. The Morgan fingerprint density at radius 2 is 1.71 bits per heavy atom. The largest absolute Gasteiger partial charge is 0.350 e. The molecule has 3 amide bonds. The van der Waals surface area contributed by atoms with Crippen LogP contribution in [0.3, 0.4) is 0 Å². The number of carbonyl (C=O) groups excluding carboxylic acids is 3. The first kappa shape index (κ1) is 32.7. The molecule has 9 heteroatoms. The number of likely N-dealkylation sites (tertiary alicyclic amines) is 1. The van der Waals surface area contributed by atoms with E-state index < -0.39 is 17.5 Å². The maximum absolute atomic E-state index is 13.7. The molecule has 226 valence electrons. The number of aromatic nitrogens is 1. The number of rotatable bonds is 15. The van der Waals surface area contributed by atoms with Crippen LogP contribution in [0, 0.1) is 12.3 Å². The lowest BCUT2D eigenvalue weighted by Gasteiger charge is -2.35. The smallest absolute Gasteiger partial charge is 0.246 e. The lowest BCUT2D eigenvalue weighted by molar-refractivity contribution is -0.143. The van der Waals surface area contributed by atoms with Crippen molar-refractivity contribution in [2.45, 2.75) is 111 Å². The summed E-state index contributed by atoms with van der Waals surface area (Å²) in [6.45, 7) is 9.54. The van der Waals surface area contributed by atoms with Gasteiger partial charge in [0.25, 0.3) is 0 Å². The van der Waals surface area contributed by atoms with Gasteiger partial charge in [-0.05, 0) is 55.7 Å². The molecule has 2 atom stereocenters. The summed E-state index contributed by atoms with van der Waals surface area (Å²) in [6, 6.07) is 6.92. The van der Waals surface area contributed by atoms with Crippen molar-refractivity contribution in [3.8, 4) is 10.4 Å². The first-order valence-corrected chi connectivity index (χ1v) is 16.1. The second-order valence-corrected chi connectivity index (χ2v) is 13.1. The van der Waals surface area contributed by atoms with Crippen LogP contribution in [0.1, 0.15) is 96.2 Å². The lowest BCUT2D eigenvalue weighted by Crippen LogP contribution is -2.57. The molecule has 1 fully saturated rings. The summed E-state index contributed by atoms with van der Waals surface area (Å²) >= 11 is 1.61. The van der Waals surface area contributed by atoms with Gasteiger partial charge in [-0.2, -0.15) is 0 Å². The molecule has 1 aromatic carbocycles. The number of hydrogen-bond donors (Lipinski definition) is 3. The molecule has 1 aliphatic rings. The number of thiazole rings is 1. The van der Waals surface area contributed by atoms with Crippen molar-refractivity contribution in [1.29, 1.82) is 0 Å². The minimum Gasteiger partial charge on any atom is -0.350 e. The van der Waals surface area contributed by atoms with Gasteiger partial charge in [0.15, 0.2) is 0 Å². The molecular formula is C32H49N5O3S. The van der Waals surface area contributed by atoms with E-state index in [1.165, 1.54) is 19.3 Å². The van der Waals surface area contributed by atoms with E-state index in [2.05, 4.69) is 15.6 Å². The van der Waals surface area contributed by atoms with Gasteiger partial charge in [0.2, 0.25) is 17.7 Å². The fraction of sp³-hybridized carbons (Fsp3) is 0.625. The molecular weight excluding hydrogens is 534 g/mol. The Hall–Kier alpha value is -2.78. The second-order valence-electron chi connectivity index (χ2n) is 12.3. The summed E-state index contributed by atoms with van der Waals surface area (Å²) in [5.41, 5.74) is 10.0. The minimum atomic E-state index is -0.678. The van der Waals surface area contributed by atoms with Gasteiger partial charge in [0.05, 0.1) is 16.1 Å². The Morgan fingerprint density at radius 1 is 1.05 bits per heavy atom. The van der Waals surface area contributed by atoms with Crippen molar-refractivity contribution in [3.05, 3.63) is 41.0 Å². The molecule has 0 saturated carbocycles. The molecule has 1 aromatic heterocycles. The second kappa shape index (κ2) is 16.0. The third kappa shape index (κ3) is 9.92. The van der Waals surface area contributed by atoms with Crippen molar-refractivity contribution in [2.24, 2.45) is 11.1 Å². The van der Waals surface area contributed by atoms with Crippen LogP contribution in [-0.4, -0.2) is 52.8 Å². The van der Waals surface area contributed by atoms with Crippen molar-refractivity contribution in [1.82, 2.24) is 20.5 Å². The zero-order chi connectivity index (χ0) is 29.8. The fourth-order valence-electron chi connectivity index (χ4n) is 5.32. The molecule has 8 nitrogen and oxygen atoms in total. The van der Waals surface area contributed by atoms with E-state index in [0.717, 1.165) is 60.3 Å². The third-order valence-corrected chi connectivity index (χ3v) is 8.77. The van der Waals surface area contributed by atoms with E-state index in [-0.39, 0.29) is 17.7 Å². The van der Waals surface area contributed by atoms with Crippen LogP contribution in [0.15, 0.2) is 29.8 Å². The van der Waals surface area contributed by atoms with Gasteiger partial charge < -0.3 is 21.3 Å². The monoisotopic (exact) mass is 583 g/mol. The SMILES string of the molecule is Cc1ncsc1-c1ccc(CNC(=O)C2CCCN2C(=O)C(NC(=O)CCCCCCCCCN)C(C)(C)C)cc1. The van der Waals surface area contributed by atoms with Crippen LogP contribution in [0.5, 0.6) is 0 Å². The Morgan fingerprint density at radius 3 is 2.32 bits per heavy atom. The van der Waals surface area contributed by atoms with E-state index in [0.29, 0.717) is 25.9 Å². The number of aryl methyl sites for hydroxylation is 1. The van der Waals surface area contributed by atoms with E-state index in [1.807, 2.05) is 57.5 Å². The first-order valence-electron chi connectivity index (χ1n) is 15.2. The van der Waals surface area contributed by atoms with Gasteiger partial charge in [-0.15, -0.1) is 11.3 Å². The molecule has 0 radical (unpaired) electrons. The molecule has 0 aliphatic carbocycles. The Bertz CT molecular complexity index is 1130. The molecule has 2 unspecified atom stereocenters. The highest BCUT2D eigenvalue weighted by Crippen LogP contribution is 2.28. The van der Waals surface area contributed by atoms with E-state index >= 15 is 0 Å².